The van der Waals surface area contributed by atoms with Gasteiger partial charge < -0.3 is 10.4 Å². The molecule has 9 heavy (non-hydrogen) atoms. The highest BCUT2D eigenvalue weighted by molar-refractivity contribution is 5.45. The summed E-state index contributed by atoms with van der Waals surface area (Å²) in [5.41, 5.74) is 0. The summed E-state index contributed by atoms with van der Waals surface area (Å²) < 4.78 is 0. The maximum absolute atomic E-state index is 9.43. The van der Waals surface area contributed by atoms with Gasteiger partial charge in [0.1, 0.15) is 0 Å². The highest BCUT2D eigenvalue weighted by Gasteiger charge is 1.68. The molecule has 4 nitrogen and oxygen atoms in total. The molecule has 2 N–H and O–H groups in total. The third kappa shape index (κ3) is 198. The fourth-order valence-electron chi connectivity index (χ4n) is 0. The summed E-state index contributed by atoms with van der Waals surface area (Å²) in [6.45, 7) is 1.43. The Balaban J connectivity index is -0.0000000800. The van der Waals surface area contributed by atoms with Crippen LogP contribution < -0.4 is 0 Å². The third-order valence-corrected chi connectivity index (χ3v) is 0.211. The minimum Gasteiger partial charge on any atom is -0.412 e. The van der Waals surface area contributed by atoms with Gasteiger partial charge in [-0.2, -0.15) is 5.26 Å². The van der Waals surface area contributed by atoms with E-state index in [2.05, 4.69) is 0 Å². The minimum absolute atomic E-state index is 0. The van der Waals surface area contributed by atoms with Crippen molar-refractivity contribution >= 4 is 6.41 Å². The van der Waals surface area contributed by atoms with Gasteiger partial charge in [0.05, 0.1) is 6.07 Å². The molecule has 0 aliphatic heterocycles. The molecule has 0 saturated heterocycles. The highest BCUT2D eigenvalue weighted by atomic mass is 16.1. The molecule has 0 aromatic rings. The Morgan fingerprint density at radius 3 is 1.67 bits per heavy atom. The number of nitrogens with zero attached hydrogens (tertiary/aromatic N) is 2. The molecule has 0 radical (unpaired) electrons. The summed E-state index contributed by atoms with van der Waals surface area (Å²) in [5.74, 6) is 0. The fraction of sp³-hybridized carbons (Fsp3) is 0.600. The zero-order valence-corrected chi connectivity index (χ0v) is 5.88. The summed E-state index contributed by atoms with van der Waals surface area (Å²) in [4.78, 5) is 10.9. The molecule has 0 atom stereocenters. The van der Waals surface area contributed by atoms with Crippen molar-refractivity contribution in [1.82, 2.24) is 4.90 Å². The Morgan fingerprint density at radius 1 is 1.56 bits per heavy atom. The maximum atomic E-state index is 9.43. The van der Waals surface area contributed by atoms with Gasteiger partial charge >= 0.3 is 0 Å². The molecule has 1 amide bonds. The minimum atomic E-state index is 0. The summed E-state index contributed by atoms with van der Waals surface area (Å²) in [7, 11) is 3.38. The van der Waals surface area contributed by atoms with E-state index in [1.165, 1.54) is 11.8 Å². The second-order valence-electron chi connectivity index (χ2n) is 1.29. The van der Waals surface area contributed by atoms with Crippen molar-refractivity contribution in [2.45, 2.75) is 6.92 Å². The molecule has 0 fully saturated rings. The van der Waals surface area contributed by atoms with Crippen LogP contribution in [0.5, 0.6) is 0 Å². The van der Waals surface area contributed by atoms with Crippen molar-refractivity contribution in [2.24, 2.45) is 0 Å². The van der Waals surface area contributed by atoms with Gasteiger partial charge in [0.25, 0.3) is 0 Å². The van der Waals surface area contributed by atoms with Crippen LogP contribution in [0, 0.1) is 11.3 Å². The smallest absolute Gasteiger partial charge is 0.209 e. The van der Waals surface area contributed by atoms with Crippen LogP contribution in [0.1, 0.15) is 6.92 Å². The van der Waals surface area contributed by atoms with Gasteiger partial charge in [0, 0.05) is 21.0 Å². The summed E-state index contributed by atoms with van der Waals surface area (Å²) in [6.07, 6.45) is 0.750. The van der Waals surface area contributed by atoms with E-state index in [1.54, 1.807) is 20.2 Å². The second kappa shape index (κ2) is 15.8. The molecule has 0 aliphatic carbocycles. The lowest BCUT2D eigenvalue weighted by molar-refractivity contribution is -0.115. The van der Waals surface area contributed by atoms with Crippen LogP contribution in [-0.2, 0) is 4.79 Å². The molecule has 0 unspecified atom stereocenters. The van der Waals surface area contributed by atoms with E-state index in [0.717, 1.165) is 6.41 Å². The topological polar surface area (TPSA) is 75.6 Å². The first-order valence-corrected chi connectivity index (χ1v) is 2.11. The molecule has 54 valence electrons. The monoisotopic (exact) mass is 132 g/mol. The Hall–Kier alpha value is -1.08. The zero-order chi connectivity index (χ0) is 6.99. The number of rotatable bonds is 1. The highest BCUT2D eigenvalue weighted by Crippen LogP contribution is 1.52. The number of hydrogen-bond acceptors (Lipinski definition) is 2. The Labute approximate surface area is 55.0 Å². The molecule has 0 heterocycles. The number of carbonyl (C=O) groups is 1. The molecule has 4 heteroatoms. The molecule has 0 saturated carbocycles. The first kappa shape index (κ1) is 15.7. The maximum Gasteiger partial charge on any atom is 0.209 e. The van der Waals surface area contributed by atoms with Crippen LogP contribution in [0.4, 0.5) is 0 Å². The largest absolute Gasteiger partial charge is 0.412 e. The molecule has 0 aliphatic rings. The van der Waals surface area contributed by atoms with E-state index in [1.807, 2.05) is 0 Å². The molecule has 0 rings (SSSR count). The van der Waals surface area contributed by atoms with Gasteiger partial charge in [-0.3, -0.25) is 4.79 Å². The van der Waals surface area contributed by atoms with E-state index >= 15 is 0 Å². The lowest BCUT2D eigenvalue weighted by Gasteiger charge is -1.93. The first-order valence-electron chi connectivity index (χ1n) is 2.11. The number of hydrogen-bond donors (Lipinski definition) is 0. The van der Waals surface area contributed by atoms with Gasteiger partial charge in [0.2, 0.25) is 6.41 Å². The molecule has 0 bridgehead atoms. The van der Waals surface area contributed by atoms with Crippen molar-refractivity contribution in [3.63, 3.8) is 0 Å². The SMILES string of the molecule is CC#N.CN(C)C=O.O. The summed E-state index contributed by atoms with van der Waals surface area (Å²) >= 11 is 0. The Morgan fingerprint density at radius 2 is 1.67 bits per heavy atom. The van der Waals surface area contributed by atoms with E-state index in [9.17, 15) is 4.79 Å². The predicted molar refractivity (Wildman–Crippen MR) is 34.7 cm³/mol. The molecule has 0 aromatic carbocycles. The standard InChI is InChI=1S/C3H7NO.C2H3N.H2O/c1-4(2)3-5;1-2-3;/h3H,1-2H3;1H3;1H2. The summed E-state index contributed by atoms with van der Waals surface area (Å²) in [5, 5.41) is 7.32. The van der Waals surface area contributed by atoms with Gasteiger partial charge in [-0.15, -0.1) is 0 Å². The average molecular weight is 132 g/mol. The van der Waals surface area contributed by atoms with Crippen LogP contribution in [0.3, 0.4) is 0 Å². The Kier molecular flexibility index (Phi) is 27.5. The lowest BCUT2D eigenvalue weighted by Crippen LogP contribution is -2.06. The number of carbonyl (C=O) groups excluding carboxylic acids is 1. The van der Waals surface area contributed by atoms with E-state index in [0.29, 0.717) is 0 Å². The van der Waals surface area contributed by atoms with Gasteiger partial charge in [-0.1, -0.05) is 0 Å². The second-order valence-corrected chi connectivity index (χ2v) is 1.29. The van der Waals surface area contributed by atoms with Crippen molar-refractivity contribution in [3.05, 3.63) is 0 Å². The molecular formula is C5H12N2O2. The van der Waals surface area contributed by atoms with E-state index in [4.69, 9.17) is 5.26 Å². The third-order valence-electron chi connectivity index (χ3n) is 0.211. The van der Waals surface area contributed by atoms with Crippen LogP contribution in [0.2, 0.25) is 0 Å². The van der Waals surface area contributed by atoms with Gasteiger partial charge in [-0.05, 0) is 0 Å². The van der Waals surface area contributed by atoms with Crippen molar-refractivity contribution < 1.29 is 10.3 Å². The predicted octanol–water partition coefficient (Wildman–Crippen LogP) is -0.590. The molecule has 0 aromatic heterocycles. The van der Waals surface area contributed by atoms with Crippen LogP contribution in [0.25, 0.3) is 0 Å². The lowest BCUT2D eigenvalue weighted by atomic mass is 11.0. The number of amides is 1. The molecular weight excluding hydrogens is 120 g/mol. The number of nitriles is 1. The van der Waals surface area contributed by atoms with Crippen LogP contribution in [0.15, 0.2) is 0 Å². The molecule has 0 spiro atoms. The van der Waals surface area contributed by atoms with E-state index in [-0.39, 0.29) is 5.48 Å². The Bertz CT molecular complexity index is 85.4. The van der Waals surface area contributed by atoms with Gasteiger partial charge in [0.15, 0.2) is 0 Å². The quantitative estimate of drug-likeness (QED) is 0.447. The van der Waals surface area contributed by atoms with Crippen LogP contribution in [-0.4, -0.2) is 30.9 Å². The normalized spacial score (nSPS) is 4.67. The van der Waals surface area contributed by atoms with E-state index < -0.39 is 0 Å². The average Bonchev–Trinajstić information content (AvgIpc) is 1.69. The van der Waals surface area contributed by atoms with Crippen molar-refractivity contribution in [2.75, 3.05) is 14.1 Å². The summed E-state index contributed by atoms with van der Waals surface area (Å²) in [6, 6.07) is 1.75. The van der Waals surface area contributed by atoms with Crippen molar-refractivity contribution in [3.8, 4) is 6.07 Å². The fourth-order valence-corrected chi connectivity index (χ4v) is 0. The van der Waals surface area contributed by atoms with Crippen molar-refractivity contribution in [1.29, 1.82) is 5.26 Å². The first-order chi connectivity index (χ1) is 3.68. The zero-order valence-electron chi connectivity index (χ0n) is 5.88. The van der Waals surface area contributed by atoms with Gasteiger partial charge in [-0.25, -0.2) is 0 Å². The van der Waals surface area contributed by atoms with Crippen LogP contribution >= 0.6 is 0 Å².